The van der Waals surface area contributed by atoms with Gasteiger partial charge in [-0.05, 0) is 126 Å². The van der Waals surface area contributed by atoms with Crippen molar-refractivity contribution in [2.75, 3.05) is 53.6 Å². The molecular formula is C50H66N8O8. The summed E-state index contributed by atoms with van der Waals surface area (Å²) in [5, 5.41) is 17.7. The quantitative estimate of drug-likeness (QED) is 0.0944. The van der Waals surface area contributed by atoms with Gasteiger partial charge < -0.3 is 51.2 Å². The lowest BCUT2D eigenvalue weighted by Crippen LogP contribution is -2.57. The van der Waals surface area contributed by atoms with Crippen LogP contribution in [0.3, 0.4) is 0 Å². The Labute approximate surface area is 388 Å². The van der Waals surface area contributed by atoms with Gasteiger partial charge in [0, 0.05) is 13.1 Å². The number of amides is 6. The molecule has 8 atom stereocenters. The molecule has 66 heavy (non-hydrogen) atoms. The first-order valence-electron chi connectivity index (χ1n) is 23.4. The Morgan fingerprint density at radius 1 is 0.606 bits per heavy atom. The van der Waals surface area contributed by atoms with Crippen molar-refractivity contribution in [3.05, 3.63) is 70.8 Å². The van der Waals surface area contributed by atoms with Crippen LogP contribution in [0.4, 0.5) is 0 Å². The Hall–Kier alpha value is -5.78. The van der Waals surface area contributed by atoms with Crippen molar-refractivity contribution in [1.29, 1.82) is 0 Å². The fraction of sp³-hybridized carbons (Fsp3) is 0.560. The van der Waals surface area contributed by atoms with Gasteiger partial charge in [0.2, 0.25) is 35.4 Å². The summed E-state index contributed by atoms with van der Waals surface area (Å²) in [5.74, 6) is 8.96. The molecule has 2 aromatic rings. The third-order valence-corrected chi connectivity index (χ3v) is 13.1. The van der Waals surface area contributed by atoms with Gasteiger partial charge in [-0.3, -0.25) is 28.8 Å². The summed E-state index contributed by atoms with van der Waals surface area (Å²) in [7, 11) is 3.29. The highest BCUT2D eigenvalue weighted by Gasteiger charge is 2.41. The summed E-state index contributed by atoms with van der Waals surface area (Å²) in [6.07, 6.45) is 7.87. The van der Waals surface area contributed by atoms with Gasteiger partial charge in [0.15, 0.2) is 0 Å². The highest BCUT2D eigenvalue weighted by atomic mass is 16.5. The average Bonchev–Trinajstić information content (AvgIpc) is 4.05. The number of benzene rings is 2. The number of hydrogen-bond donors (Lipinski definition) is 6. The monoisotopic (exact) mass is 907 g/mol. The molecule has 16 heteroatoms. The zero-order chi connectivity index (χ0) is 47.0. The SMILES string of the molecule is CN[C@@H](C)C(=O)N[C@@H](COCC#CC#CCOC[C@H](NC(=O)[C@H](C)NC)C(=O)N1CCC[C@H]1C(=O)N[C@@H]1CCCc2ccccc21)C(=O)N1CCC[C@H]1C(=O)N[C@@H]1CCCc2ccccc21. The second-order valence-electron chi connectivity index (χ2n) is 17.5. The third-order valence-electron chi connectivity index (χ3n) is 13.1. The molecule has 0 spiro atoms. The molecule has 0 saturated carbocycles. The van der Waals surface area contributed by atoms with Crippen LogP contribution in [0, 0.1) is 23.7 Å². The molecule has 0 radical (unpaired) electrons. The summed E-state index contributed by atoms with van der Waals surface area (Å²) < 4.78 is 11.5. The molecule has 2 saturated heterocycles. The van der Waals surface area contributed by atoms with Crippen molar-refractivity contribution in [1.82, 2.24) is 41.7 Å². The van der Waals surface area contributed by atoms with Crippen LogP contribution in [0.15, 0.2) is 48.5 Å². The number of aryl methyl sites for hydroxylation is 2. The smallest absolute Gasteiger partial charge is 0.248 e. The molecule has 2 aliphatic carbocycles. The molecule has 6 rings (SSSR count). The van der Waals surface area contributed by atoms with Gasteiger partial charge in [-0.15, -0.1) is 0 Å². The number of likely N-dealkylation sites (N-methyl/N-ethyl adjacent to an activating group) is 2. The van der Waals surface area contributed by atoms with Crippen LogP contribution in [0.2, 0.25) is 0 Å². The number of carbonyl (C=O) groups excluding carboxylic acids is 6. The predicted molar refractivity (Wildman–Crippen MR) is 248 cm³/mol. The molecule has 0 aromatic heterocycles. The second kappa shape index (κ2) is 24.7. The first-order valence-corrected chi connectivity index (χ1v) is 23.4. The predicted octanol–water partition coefficient (Wildman–Crippen LogP) is 1.58. The molecule has 2 fully saturated rings. The normalized spacial score (nSPS) is 21.5. The number of carbonyl (C=O) groups is 6. The van der Waals surface area contributed by atoms with Crippen LogP contribution >= 0.6 is 0 Å². The van der Waals surface area contributed by atoms with E-state index in [9.17, 15) is 28.8 Å². The van der Waals surface area contributed by atoms with Crippen molar-refractivity contribution in [2.24, 2.45) is 0 Å². The lowest BCUT2D eigenvalue weighted by Gasteiger charge is -2.31. The number of fused-ring (bicyclic) bond motifs is 2. The van der Waals surface area contributed by atoms with Gasteiger partial charge in [0.05, 0.1) is 37.4 Å². The van der Waals surface area contributed by atoms with Crippen molar-refractivity contribution in [3.63, 3.8) is 0 Å². The summed E-state index contributed by atoms with van der Waals surface area (Å²) in [5.41, 5.74) is 4.68. The van der Waals surface area contributed by atoms with Gasteiger partial charge in [0.25, 0.3) is 0 Å². The summed E-state index contributed by atoms with van der Waals surface area (Å²) in [4.78, 5) is 84.3. The standard InChI is InChI=1S/C50H66N8O8/c1-33(51-3)45(59)55-41(49(63)57-27-15-25-43(57)47(61)53-39-23-13-19-35-17-7-9-21-37(35)39)31-65-29-11-5-6-12-30-66-32-42(56-46(60)34(2)52-4)50(64)58-28-16-26-44(58)48(62)54-40-24-14-20-36-18-8-10-22-38(36)40/h7-10,17-18,21-22,33-34,39-44,51-52H,13-16,19-20,23-32H2,1-4H3,(H,53,61)(H,54,62)(H,55,59)(H,56,60)/t33-,34-,39+,40+,41-,42-,43-,44-/m0/s1. The number of ether oxygens (including phenoxy) is 2. The number of nitrogens with one attached hydrogen (secondary N) is 6. The molecule has 6 N–H and O–H groups in total. The van der Waals surface area contributed by atoms with Gasteiger partial charge in [-0.1, -0.05) is 60.4 Å². The van der Waals surface area contributed by atoms with Crippen molar-refractivity contribution >= 4 is 35.4 Å². The van der Waals surface area contributed by atoms with E-state index in [-0.39, 0.29) is 62.1 Å². The highest BCUT2D eigenvalue weighted by Crippen LogP contribution is 2.32. The molecule has 16 nitrogen and oxygen atoms in total. The molecule has 2 heterocycles. The summed E-state index contributed by atoms with van der Waals surface area (Å²) in [6, 6.07) is 11.4. The van der Waals surface area contributed by atoms with Crippen molar-refractivity contribution < 1.29 is 38.2 Å². The minimum atomic E-state index is -1.05. The number of hydrogen-bond acceptors (Lipinski definition) is 10. The third kappa shape index (κ3) is 13.0. The van der Waals surface area contributed by atoms with E-state index in [1.165, 1.54) is 11.1 Å². The maximum Gasteiger partial charge on any atom is 0.248 e. The van der Waals surface area contributed by atoms with Crippen LogP contribution < -0.4 is 31.9 Å². The van der Waals surface area contributed by atoms with E-state index < -0.39 is 48.1 Å². The Balaban J connectivity index is 1.00. The van der Waals surface area contributed by atoms with Gasteiger partial charge in [-0.2, -0.15) is 0 Å². The molecule has 2 aliphatic heterocycles. The lowest BCUT2D eigenvalue weighted by molar-refractivity contribution is -0.143. The molecule has 2 aromatic carbocycles. The van der Waals surface area contributed by atoms with E-state index in [0.717, 1.165) is 49.7 Å². The van der Waals surface area contributed by atoms with E-state index in [1.54, 1.807) is 37.7 Å². The largest absolute Gasteiger partial charge is 0.366 e. The fourth-order valence-electron chi connectivity index (χ4n) is 9.17. The van der Waals surface area contributed by atoms with Crippen LogP contribution in [-0.4, -0.2) is 135 Å². The highest BCUT2D eigenvalue weighted by molar-refractivity contribution is 5.94. The van der Waals surface area contributed by atoms with Crippen LogP contribution in [0.25, 0.3) is 0 Å². The van der Waals surface area contributed by atoms with Crippen LogP contribution in [0.1, 0.15) is 99.6 Å². The van der Waals surface area contributed by atoms with Gasteiger partial charge in [-0.25, -0.2) is 0 Å². The Morgan fingerprint density at radius 2 is 1.02 bits per heavy atom. The maximum absolute atomic E-state index is 14.0. The molecule has 6 amide bonds. The molecule has 0 bridgehead atoms. The van der Waals surface area contributed by atoms with Crippen LogP contribution in [0.5, 0.6) is 0 Å². The zero-order valence-electron chi connectivity index (χ0n) is 38.7. The van der Waals surface area contributed by atoms with E-state index >= 15 is 0 Å². The first-order chi connectivity index (χ1) is 32.0. The minimum Gasteiger partial charge on any atom is -0.366 e. The number of nitrogens with zero attached hydrogens (tertiary/aromatic N) is 2. The minimum absolute atomic E-state index is 0.0914. The zero-order valence-corrected chi connectivity index (χ0v) is 38.7. The van der Waals surface area contributed by atoms with E-state index in [0.29, 0.717) is 38.8 Å². The number of rotatable bonds is 18. The van der Waals surface area contributed by atoms with Crippen molar-refractivity contribution in [2.45, 2.75) is 126 Å². The maximum atomic E-state index is 14.0. The molecule has 354 valence electrons. The van der Waals surface area contributed by atoms with E-state index in [4.69, 9.17) is 9.47 Å². The Bertz CT molecular complexity index is 2030. The van der Waals surface area contributed by atoms with E-state index in [2.05, 4.69) is 67.7 Å². The lowest BCUT2D eigenvalue weighted by atomic mass is 9.87. The van der Waals surface area contributed by atoms with Gasteiger partial charge in [0.1, 0.15) is 37.4 Å². The number of likely N-dealkylation sites (tertiary alicyclic amines) is 2. The average molecular weight is 907 g/mol. The van der Waals surface area contributed by atoms with Crippen LogP contribution in [-0.2, 0) is 51.1 Å². The second-order valence-corrected chi connectivity index (χ2v) is 17.5. The Kier molecular flexibility index (Phi) is 18.6. The molecule has 0 unspecified atom stereocenters. The fourth-order valence-corrected chi connectivity index (χ4v) is 9.17. The molecule has 4 aliphatic rings. The topological polar surface area (TPSA) is 200 Å². The summed E-state index contributed by atoms with van der Waals surface area (Å²) >= 11 is 0. The molecular weight excluding hydrogens is 841 g/mol. The van der Waals surface area contributed by atoms with E-state index in [1.807, 2.05) is 36.4 Å². The van der Waals surface area contributed by atoms with Gasteiger partial charge >= 0.3 is 0 Å². The van der Waals surface area contributed by atoms with Crippen molar-refractivity contribution in [3.8, 4) is 23.7 Å². The summed E-state index contributed by atoms with van der Waals surface area (Å²) in [6.45, 7) is 3.60. The first kappa shape index (κ1) is 49.6. The Morgan fingerprint density at radius 3 is 1.42 bits per heavy atom.